The van der Waals surface area contributed by atoms with Gasteiger partial charge in [-0.15, -0.1) is 0 Å². The van der Waals surface area contributed by atoms with Gasteiger partial charge in [0.25, 0.3) is 0 Å². The molecule has 3 N–H and O–H groups in total. The molecule has 0 aliphatic carbocycles. The molecule has 0 saturated carbocycles. The molecule has 1 heterocycles. The third-order valence-corrected chi connectivity index (χ3v) is 2.20. The van der Waals surface area contributed by atoms with Crippen LogP contribution in [0.3, 0.4) is 0 Å². The fraction of sp³-hybridized carbons (Fsp3) is 0.400. The van der Waals surface area contributed by atoms with E-state index < -0.39 is 12.0 Å². The van der Waals surface area contributed by atoms with Crippen molar-refractivity contribution in [1.82, 2.24) is 4.98 Å². The summed E-state index contributed by atoms with van der Waals surface area (Å²) in [5.41, 5.74) is 6.36. The lowest BCUT2D eigenvalue weighted by atomic mass is 10.1. The molecule has 0 fully saturated rings. The van der Waals surface area contributed by atoms with Crippen molar-refractivity contribution < 1.29 is 19.4 Å². The molecular weight excluding hydrogens is 212 g/mol. The number of ether oxygens (including phenoxy) is 2. The molecule has 1 unspecified atom stereocenters. The van der Waals surface area contributed by atoms with E-state index in [1.165, 1.54) is 20.3 Å². The normalized spacial score (nSPS) is 12.0. The van der Waals surface area contributed by atoms with Gasteiger partial charge in [-0.05, 0) is 6.92 Å². The minimum absolute atomic E-state index is 0.201. The standard InChI is InChI=1S/C10H14N2O4/c1-5-7(15-2)4-6(8(11)10(13)14)12-9(5)16-3/h4,8H,11H2,1-3H3,(H,13,14). The largest absolute Gasteiger partial charge is 0.496 e. The quantitative estimate of drug-likeness (QED) is 0.775. The maximum absolute atomic E-state index is 10.7. The number of aliphatic carboxylic acids is 1. The van der Waals surface area contributed by atoms with Crippen molar-refractivity contribution in [1.29, 1.82) is 0 Å². The molecule has 16 heavy (non-hydrogen) atoms. The van der Waals surface area contributed by atoms with Crippen LogP contribution in [0, 0.1) is 6.92 Å². The van der Waals surface area contributed by atoms with Crippen LogP contribution in [0.25, 0.3) is 0 Å². The SMILES string of the molecule is COc1cc(C(N)C(=O)O)nc(OC)c1C. The smallest absolute Gasteiger partial charge is 0.326 e. The number of carboxylic acid groups (broad SMARTS) is 1. The Hall–Kier alpha value is -1.82. The third kappa shape index (κ3) is 2.22. The zero-order valence-corrected chi connectivity index (χ0v) is 9.35. The first-order valence-electron chi connectivity index (χ1n) is 4.59. The summed E-state index contributed by atoms with van der Waals surface area (Å²) in [6.07, 6.45) is 0. The zero-order valence-electron chi connectivity index (χ0n) is 9.35. The first-order valence-corrected chi connectivity index (χ1v) is 4.59. The third-order valence-electron chi connectivity index (χ3n) is 2.20. The van der Waals surface area contributed by atoms with Crippen molar-refractivity contribution in [2.75, 3.05) is 14.2 Å². The fourth-order valence-corrected chi connectivity index (χ4v) is 1.28. The minimum atomic E-state index is -1.19. The predicted octanol–water partition coefficient (Wildman–Crippen LogP) is 0.492. The second-order valence-electron chi connectivity index (χ2n) is 3.20. The van der Waals surface area contributed by atoms with Gasteiger partial charge < -0.3 is 20.3 Å². The number of carbonyl (C=O) groups is 1. The van der Waals surface area contributed by atoms with Crippen LogP contribution < -0.4 is 15.2 Å². The molecule has 0 spiro atoms. The molecule has 88 valence electrons. The molecule has 0 amide bonds. The summed E-state index contributed by atoms with van der Waals surface area (Å²) in [5, 5.41) is 8.79. The Balaban J connectivity index is 3.26. The van der Waals surface area contributed by atoms with E-state index in [0.717, 1.165) is 0 Å². The predicted molar refractivity (Wildman–Crippen MR) is 56.6 cm³/mol. The lowest BCUT2D eigenvalue weighted by Crippen LogP contribution is -2.22. The van der Waals surface area contributed by atoms with Gasteiger partial charge >= 0.3 is 5.97 Å². The van der Waals surface area contributed by atoms with Crippen LogP contribution in [-0.4, -0.2) is 30.3 Å². The van der Waals surface area contributed by atoms with Crippen LogP contribution in [0.4, 0.5) is 0 Å². The van der Waals surface area contributed by atoms with Gasteiger partial charge in [0.2, 0.25) is 5.88 Å². The molecule has 0 aromatic carbocycles. The molecule has 6 nitrogen and oxygen atoms in total. The van der Waals surface area contributed by atoms with E-state index in [1.807, 2.05) is 0 Å². The van der Waals surface area contributed by atoms with Crippen molar-refractivity contribution >= 4 is 5.97 Å². The average molecular weight is 226 g/mol. The average Bonchev–Trinajstić information content (AvgIpc) is 2.28. The summed E-state index contributed by atoms with van der Waals surface area (Å²) in [6.45, 7) is 1.76. The van der Waals surface area contributed by atoms with Crippen LogP contribution in [0.15, 0.2) is 6.07 Å². The Morgan fingerprint density at radius 1 is 1.50 bits per heavy atom. The van der Waals surface area contributed by atoms with Crippen molar-refractivity contribution in [2.45, 2.75) is 13.0 Å². The zero-order chi connectivity index (χ0) is 12.3. The maximum Gasteiger partial charge on any atom is 0.326 e. The van der Waals surface area contributed by atoms with Crippen LogP contribution in [0.1, 0.15) is 17.3 Å². The number of carboxylic acids is 1. The Morgan fingerprint density at radius 3 is 2.56 bits per heavy atom. The van der Waals surface area contributed by atoms with E-state index in [1.54, 1.807) is 6.92 Å². The lowest BCUT2D eigenvalue weighted by molar-refractivity contribution is -0.138. The van der Waals surface area contributed by atoms with Gasteiger partial charge in [-0.3, -0.25) is 4.79 Å². The van der Waals surface area contributed by atoms with Gasteiger partial charge in [-0.25, -0.2) is 4.98 Å². The number of rotatable bonds is 4. The van der Waals surface area contributed by atoms with Gasteiger partial charge in [0, 0.05) is 6.07 Å². The number of aromatic nitrogens is 1. The second-order valence-corrected chi connectivity index (χ2v) is 3.20. The summed E-state index contributed by atoms with van der Waals surface area (Å²) < 4.78 is 10.1. The summed E-state index contributed by atoms with van der Waals surface area (Å²) >= 11 is 0. The van der Waals surface area contributed by atoms with E-state index in [-0.39, 0.29) is 5.69 Å². The molecule has 1 aromatic heterocycles. The fourth-order valence-electron chi connectivity index (χ4n) is 1.28. The molecule has 1 rings (SSSR count). The van der Waals surface area contributed by atoms with E-state index in [4.69, 9.17) is 20.3 Å². The summed E-state index contributed by atoms with van der Waals surface area (Å²) in [6, 6.07) is 0.305. The first-order chi connectivity index (χ1) is 7.51. The first kappa shape index (κ1) is 12.3. The Morgan fingerprint density at radius 2 is 2.12 bits per heavy atom. The molecule has 1 aromatic rings. The highest BCUT2D eigenvalue weighted by Gasteiger charge is 2.19. The van der Waals surface area contributed by atoms with Gasteiger partial charge in [0.15, 0.2) is 0 Å². The molecule has 0 aliphatic heterocycles. The minimum Gasteiger partial charge on any atom is -0.496 e. The van der Waals surface area contributed by atoms with Crippen LogP contribution in [0.5, 0.6) is 11.6 Å². The maximum atomic E-state index is 10.7. The molecular formula is C10H14N2O4. The van der Waals surface area contributed by atoms with Crippen molar-refractivity contribution in [2.24, 2.45) is 5.73 Å². The van der Waals surface area contributed by atoms with E-state index in [9.17, 15) is 4.79 Å². The summed E-state index contributed by atoms with van der Waals surface area (Å²) in [7, 11) is 2.93. The van der Waals surface area contributed by atoms with Crippen molar-refractivity contribution in [3.63, 3.8) is 0 Å². The van der Waals surface area contributed by atoms with E-state index >= 15 is 0 Å². The highest BCUT2D eigenvalue weighted by atomic mass is 16.5. The van der Waals surface area contributed by atoms with Crippen molar-refractivity contribution in [3.8, 4) is 11.6 Å². The summed E-state index contributed by atoms with van der Waals surface area (Å²) in [4.78, 5) is 14.7. The van der Waals surface area contributed by atoms with Crippen LogP contribution in [0.2, 0.25) is 0 Å². The van der Waals surface area contributed by atoms with Crippen molar-refractivity contribution in [3.05, 3.63) is 17.3 Å². The Bertz CT molecular complexity index is 381. The highest BCUT2D eigenvalue weighted by Crippen LogP contribution is 2.28. The summed E-state index contributed by atoms with van der Waals surface area (Å²) in [5.74, 6) is -0.343. The van der Waals surface area contributed by atoms with Gasteiger partial charge in [-0.2, -0.15) is 0 Å². The number of methoxy groups -OCH3 is 2. The van der Waals surface area contributed by atoms with Gasteiger partial charge in [-0.1, -0.05) is 0 Å². The topological polar surface area (TPSA) is 94.7 Å². The second kappa shape index (κ2) is 4.80. The van der Waals surface area contributed by atoms with Crippen LogP contribution >= 0.6 is 0 Å². The van der Waals surface area contributed by atoms with Gasteiger partial charge in [0.1, 0.15) is 11.8 Å². The number of hydrogen-bond donors (Lipinski definition) is 2. The number of nitrogens with zero attached hydrogens (tertiary/aromatic N) is 1. The molecule has 0 radical (unpaired) electrons. The van der Waals surface area contributed by atoms with Gasteiger partial charge in [0.05, 0.1) is 25.5 Å². The molecule has 6 heteroatoms. The Kier molecular flexibility index (Phi) is 3.68. The number of hydrogen-bond acceptors (Lipinski definition) is 5. The number of pyridine rings is 1. The van der Waals surface area contributed by atoms with E-state index in [0.29, 0.717) is 17.2 Å². The number of nitrogens with two attached hydrogens (primary N) is 1. The van der Waals surface area contributed by atoms with Crippen LogP contribution in [-0.2, 0) is 4.79 Å². The van der Waals surface area contributed by atoms with E-state index in [2.05, 4.69) is 4.98 Å². The molecule has 0 bridgehead atoms. The molecule has 0 aliphatic rings. The molecule has 1 atom stereocenters. The monoisotopic (exact) mass is 226 g/mol. The Labute approximate surface area is 93.0 Å². The molecule has 0 saturated heterocycles. The highest BCUT2D eigenvalue weighted by molar-refractivity contribution is 5.74. The lowest BCUT2D eigenvalue weighted by Gasteiger charge is -2.13.